The molecule has 0 atom stereocenters. The van der Waals surface area contributed by atoms with E-state index in [0.717, 1.165) is 44.1 Å². The average molecular weight is 427 g/mol. The van der Waals surface area contributed by atoms with Crippen LogP contribution in [0.4, 0.5) is 0 Å². The molecule has 4 rings (SSSR count). The van der Waals surface area contributed by atoms with Gasteiger partial charge in [0.15, 0.2) is 0 Å². The SMILES string of the molecule is Cc1ccc(S(=O)(=O)N2CCCCC2)cc1C(=O)NCC1(c2ccccc2)CCC1. The van der Waals surface area contributed by atoms with E-state index < -0.39 is 10.0 Å². The lowest BCUT2D eigenvalue weighted by Gasteiger charge is -2.42. The van der Waals surface area contributed by atoms with Gasteiger partial charge in [0, 0.05) is 30.6 Å². The first kappa shape index (κ1) is 21.1. The van der Waals surface area contributed by atoms with Crippen LogP contribution in [0.3, 0.4) is 0 Å². The highest BCUT2D eigenvalue weighted by molar-refractivity contribution is 7.89. The molecule has 0 bridgehead atoms. The molecule has 1 aliphatic heterocycles. The van der Waals surface area contributed by atoms with Crippen LogP contribution in [0.2, 0.25) is 0 Å². The number of amides is 1. The first-order chi connectivity index (χ1) is 14.4. The van der Waals surface area contributed by atoms with Gasteiger partial charge in [-0.3, -0.25) is 4.79 Å². The molecule has 2 aromatic rings. The molecule has 2 aromatic carbocycles. The van der Waals surface area contributed by atoms with E-state index in [-0.39, 0.29) is 16.2 Å². The number of carbonyl (C=O) groups excluding carboxylic acids is 1. The lowest BCUT2D eigenvalue weighted by Crippen LogP contribution is -2.45. The molecule has 1 aliphatic carbocycles. The molecule has 2 fully saturated rings. The highest BCUT2D eigenvalue weighted by Gasteiger charge is 2.39. The molecule has 1 N–H and O–H groups in total. The smallest absolute Gasteiger partial charge is 0.251 e. The van der Waals surface area contributed by atoms with Gasteiger partial charge in [0.05, 0.1) is 4.90 Å². The maximum Gasteiger partial charge on any atom is 0.251 e. The standard InChI is InChI=1S/C24H30N2O3S/c1-19-11-12-21(30(28,29)26-15-6-3-7-16-26)17-22(19)23(27)25-18-24(13-8-14-24)20-9-4-2-5-10-20/h2,4-5,9-12,17H,3,6-8,13-16,18H2,1H3,(H,25,27). The Balaban J connectivity index is 1.52. The van der Waals surface area contributed by atoms with E-state index in [1.165, 1.54) is 5.56 Å². The fourth-order valence-corrected chi connectivity index (χ4v) is 6.11. The second-order valence-corrected chi connectivity index (χ2v) is 10.6. The quantitative estimate of drug-likeness (QED) is 0.759. The Kier molecular flexibility index (Phi) is 5.98. The van der Waals surface area contributed by atoms with Gasteiger partial charge in [-0.2, -0.15) is 4.31 Å². The van der Waals surface area contributed by atoms with E-state index in [4.69, 9.17) is 0 Å². The van der Waals surface area contributed by atoms with Crippen molar-refractivity contribution < 1.29 is 13.2 Å². The van der Waals surface area contributed by atoms with Crippen LogP contribution >= 0.6 is 0 Å². The van der Waals surface area contributed by atoms with Crippen LogP contribution in [0, 0.1) is 6.92 Å². The molecule has 5 nitrogen and oxygen atoms in total. The monoisotopic (exact) mass is 426 g/mol. The van der Waals surface area contributed by atoms with Crippen molar-refractivity contribution in [2.75, 3.05) is 19.6 Å². The molecule has 0 unspecified atom stereocenters. The van der Waals surface area contributed by atoms with Crippen LogP contribution in [0.5, 0.6) is 0 Å². The van der Waals surface area contributed by atoms with Gasteiger partial charge in [0.2, 0.25) is 10.0 Å². The van der Waals surface area contributed by atoms with Crippen LogP contribution in [-0.4, -0.2) is 38.3 Å². The van der Waals surface area contributed by atoms with Gasteiger partial charge in [0.25, 0.3) is 5.91 Å². The summed E-state index contributed by atoms with van der Waals surface area (Å²) in [6.45, 7) is 3.52. The number of aryl methyl sites for hydroxylation is 1. The molecule has 0 spiro atoms. The molecule has 0 aromatic heterocycles. The summed E-state index contributed by atoms with van der Waals surface area (Å²) in [7, 11) is -3.56. The topological polar surface area (TPSA) is 66.5 Å². The van der Waals surface area contributed by atoms with Crippen molar-refractivity contribution >= 4 is 15.9 Å². The molecule has 2 aliphatic rings. The number of piperidine rings is 1. The minimum Gasteiger partial charge on any atom is -0.351 e. The van der Waals surface area contributed by atoms with Crippen molar-refractivity contribution in [1.29, 1.82) is 0 Å². The third-order valence-corrected chi connectivity index (χ3v) is 8.59. The summed E-state index contributed by atoms with van der Waals surface area (Å²) in [5.74, 6) is -0.203. The number of carbonyl (C=O) groups is 1. The lowest BCUT2D eigenvalue weighted by molar-refractivity contribution is 0.0927. The molecule has 160 valence electrons. The molecule has 1 saturated carbocycles. The van der Waals surface area contributed by atoms with Gasteiger partial charge in [-0.15, -0.1) is 0 Å². The predicted molar refractivity (Wildman–Crippen MR) is 118 cm³/mol. The van der Waals surface area contributed by atoms with Crippen molar-refractivity contribution in [3.8, 4) is 0 Å². The normalized spacial score (nSPS) is 19.1. The zero-order chi connectivity index (χ0) is 21.2. The number of nitrogens with zero attached hydrogens (tertiary/aromatic N) is 1. The maximum absolute atomic E-state index is 13.0. The van der Waals surface area contributed by atoms with E-state index in [1.807, 2.05) is 25.1 Å². The second kappa shape index (κ2) is 8.52. The summed E-state index contributed by atoms with van der Waals surface area (Å²) in [6, 6.07) is 15.2. The molecular weight excluding hydrogens is 396 g/mol. The Morgan fingerprint density at radius 2 is 1.70 bits per heavy atom. The highest BCUT2D eigenvalue weighted by atomic mass is 32.2. The second-order valence-electron chi connectivity index (χ2n) is 8.62. The summed E-state index contributed by atoms with van der Waals surface area (Å²) in [5, 5.41) is 3.09. The molecule has 30 heavy (non-hydrogen) atoms. The van der Waals surface area contributed by atoms with Crippen LogP contribution in [-0.2, 0) is 15.4 Å². The Labute approximate surface area is 179 Å². The number of sulfonamides is 1. The van der Waals surface area contributed by atoms with Gasteiger partial charge in [-0.05, 0) is 55.9 Å². The van der Waals surface area contributed by atoms with Gasteiger partial charge < -0.3 is 5.32 Å². The number of hydrogen-bond acceptors (Lipinski definition) is 3. The summed E-state index contributed by atoms with van der Waals surface area (Å²) in [4.78, 5) is 13.2. The first-order valence-electron chi connectivity index (χ1n) is 10.9. The maximum atomic E-state index is 13.0. The minimum atomic E-state index is -3.56. The fourth-order valence-electron chi connectivity index (χ4n) is 4.57. The largest absolute Gasteiger partial charge is 0.351 e. The number of nitrogens with one attached hydrogen (secondary N) is 1. The van der Waals surface area contributed by atoms with Gasteiger partial charge in [-0.1, -0.05) is 49.2 Å². The van der Waals surface area contributed by atoms with E-state index in [0.29, 0.717) is 25.2 Å². The molecule has 0 radical (unpaired) electrons. The number of benzene rings is 2. The van der Waals surface area contributed by atoms with E-state index in [1.54, 1.807) is 22.5 Å². The first-order valence-corrected chi connectivity index (χ1v) is 12.3. The Bertz CT molecular complexity index is 1010. The summed E-state index contributed by atoms with van der Waals surface area (Å²) in [5.41, 5.74) is 2.47. The summed E-state index contributed by atoms with van der Waals surface area (Å²) < 4.78 is 27.6. The number of rotatable bonds is 6. The van der Waals surface area contributed by atoms with Crippen LogP contribution in [0.25, 0.3) is 0 Å². The Morgan fingerprint density at radius 1 is 1.00 bits per heavy atom. The molecule has 1 heterocycles. The van der Waals surface area contributed by atoms with Crippen molar-refractivity contribution in [3.63, 3.8) is 0 Å². The fraction of sp³-hybridized carbons (Fsp3) is 0.458. The zero-order valence-corrected chi connectivity index (χ0v) is 18.4. The van der Waals surface area contributed by atoms with Crippen molar-refractivity contribution in [1.82, 2.24) is 9.62 Å². The highest BCUT2D eigenvalue weighted by Crippen LogP contribution is 2.43. The van der Waals surface area contributed by atoms with E-state index >= 15 is 0 Å². The predicted octanol–water partition coefficient (Wildman–Crippen LogP) is 4.02. The van der Waals surface area contributed by atoms with Crippen LogP contribution in [0.15, 0.2) is 53.4 Å². The summed E-state index contributed by atoms with van der Waals surface area (Å²) in [6.07, 6.45) is 6.11. The van der Waals surface area contributed by atoms with Gasteiger partial charge in [-0.25, -0.2) is 8.42 Å². The molecule has 1 amide bonds. The molecular formula is C24H30N2O3S. The zero-order valence-electron chi connectivity index (χ0n) is 17.6. The molecule has 6 heteroatoms. The van der Waals surface area contributed by atoms with Crippen molar-refractivity contribution in [2.45, 2.75) is 55.8 Å². The van der Waals surface area contributed by atoms with Crippen LogP contribution < -0.4 is 5.32 Å². The van der Waals surface area contributed by atoms with E-state index in [9.17, 15) is 13.2 Å². The Hall–Kier alpha value is -2.18. The third-order valence-electron chi connectivity index (χ3n) is 6.69. The lowest BCUT2D eigenvalue weighted by atomic mass is 9.64. The average Bonchev–Trinajstić information content (AvgIpc) is 2.74. The minimum absolute atomic E-state index is 0.0116. The summed E-state index contributed by atoms with van der Waals surface area (Å²) >= 11 is 0. The van der Waals surface area contributed by atoms with Gasteiger partial charge >= 0.3 is 0 Å². The van der Waals surface area contributed by atoms with Crippen LogP contribution in [0.1, 0.15) is 60.0 Å². The number of hydrogen-bond donors (Lipinski definition) is 1. The Morgan fingerprint density at radius 3 is 2.33 bits per heavy atom. The molecule has 1 saturated heterocycles. The van der Waals surface area contributed by atoms with E-state index in [2.05, 4.69) is 17.4 Å². The van der Waals surface area contributed by atoms with Gasteiger partial charge in [0.1, 0.15) is 0 Å². The van der Waals surface area contributed by atoms with Crippen molar-refractivity contribution in [2.24, 2.45) is 0 Å². The third kappa shape index (κ3) is 4.03. The van der Waals surface area contributed by atoms with Crippen molar-refractivity contribution in [3.05, 3.63) is 65.2 Å².